The van der Waals surface area contributed by atoms with Gasteiger partial charge in [-0.25, -0.2) is 0 Å². The average molecular weight is 374 g/mol. The van der Waals surface area contributed by atoms with Crippen LogP contribution in [-0.2, 0) is 17.8 Å². The fourth-order valence-electron chi connectivity index (χ4n) is 2.72. The Morgan fingerprint density at radius 1 is 0.857 bits per heavy atom. The molecule has 0 fully saturated rings. The van der Waals surface area contributed by atoms with Crippen LogP contribution < -0.4 is 15.4 Å². The lowest BCUT2D eigenvalue weighted by Gasteiger charge is -2.08. The van der Waals surface area contributed by atoms with Gasteiger partial charge in [0.05, 0.1) is 13.5 Å². The minimum absolute atomic E-state index is 0.0444. The molecule has 2 amide bonds. The van der Waals surface area contributed by atoms with Crippen molar-refractivity contribution in [3.63, 3.8) is 0 Å². The third-order valence-electron chi connectivity index (χ3n) is 4.24. The molecule has 0 saturated heterocycles. The zero-order valence-corrected chi connectivity index (χ0v) is 15.6. The molecule has 0 aromatic heterocycles. The Labute approximate surface area is 164 Å². The van der Waals surface area contributed by atoms with Gasteiger partial charge >= 0.3 is 0 Å². The molecule has 0 aliphatic carbocycles. The molecule has 3 aromatic rings. The van der Waals surface area contributed by atoms with Crippen molar-refractivity contribution in [3.05, 3.63) is 95.6 Å². The summed E-state index contributed by atoms with van der Waals surface area (Å²) in [6, 6.07) is 24.0. The maximum Gasteiger partial charge on any atom is 0.255 e. The molecule has 0 spiro atoms. The summed E-state index contributed by atoms with van der Waals surface area (Å²) in [5.74, 6) is 0.369. The molecule has 0 radical (unpaired) electrons. The fourth-order valence-corrected chi connectivity index (χ4v) is 2.72. The van der Waals surface area contributed by atoms with Gasteiger partial charge < -0.3 is 15.4 Å². The van der Waals surface area contributed by atoms with Crippen molar-refractivity contribution in [2.75, 3.05) is 12.4 Å². The number of anilines is 1. The van der Waals surface area contributed by atoms with Gasteiger partial charge in [0.1, 0.15) is 5.75 Å². The molecular formula is C23H22N2O3. The standard InChI is InChI=1S/C23H22N2O3/c1-28-21-9-5-8-19(15-21)23(27)25-20-12-10-17(11-13-20)14-22(26)24-16-18-6-3-2-4-7-18/h2-13,15H,14,16H2,1H3,(H,24,26)(H,25,27). The van der Waals surface area contributed by atoms with E-state index < -0.39 is 0 Å². The number of carbonyl (C=O) groups is 2. The molecule has 28 heavy (non-hydrogen) atoms. The van der Waals surface area contributed by atoms with Crippen molar-refractivity contribution in [1.82, 2.24) is 5.32 Å². The normalized spacial score (nSPS) is 10.2. The van der Waals surface area contributed by atoms with Crippen molar-refractivity contribution in [3.8, 4) is 5.75 Å². The molecule has 0 heterocycles. The molecular weight excluding hydrogens is 352 g/mol. The summed E-state index contributed by atoms with van der Waals surface area (Å²) >= 11 is 0. The Morgan fingerprint density at radius 2 is 1.61 bits per heavy atom. The lowest BCUT2D eigenvalue weighted by atomic mass is 10.1. The molecule has 0 atom stereocenters. The van der Waals surface area contributed by atoms with Crippen LogP contribution in [-0.4, -0.2) is 18.9 Å². The summed E-state index contributed by atoms with van der Waals surface area (Å²) in [4.78, 5) is 24.4. The van der Waals surface area contributed by atoms with Crippen LogP contribution in [0, 0.1) is 0 Å². The van der Waals surface area contributed by atoms with Gasteiger partial charge in [-0.15, -0.1) is 0 Å². The Kier molecular flexibility index (Phi) is 6.41. The number of rotatable bonds is 7. The zero-order chi connectivity index (χ0) is 19.8. The van der Waals surface area contributed by atoms with E-state index in [1.165, 1.54) is 0 Å². The van der Waals surface area contributed by atoms with Gasteiger partial charge in [-0.2, -0.15) is 0 Å². The predicted octanol–water partition coefficient (Wildman–Crippen LogP) is 3.81. The molecule has 0 saturated carbocycles. The highest BCUT2D eigenvalue weighted by Gasteiger charge is 2.08. The Morgan fingerprint density at radius 3 is 2.32 bits per heavy atom. The van der Waals surface area contributed by atoms with Crippen molar-refractivity contribution in [2.24, 2.45) is 0 Å². The summed E-state index contributed by atoms with van der Waals surface area (Å²) in [6.07, 6.45) is 0.289. The topological polar surface area (TPSA) is 67.4 Å². The largest absolute Gasteiger partial charge is 0.497 e. The van der Waals surface area contributed by atoms with E-state index in [4.69, 9.17) is 4.74 Å². The number of nitrogens with one attached hydrogen (secondary N) is 2. The number of carbonyl (C=O) groups excluding carboxylic acids is 2. The van der Waals surface area contributed by atoms with E-state index in [0.29, 0.717) is 23.5 Å². The Balaban J connectivity index is 1.52. The lowest BCUT2D eigenvalue weighted by molar-refractivity contribution is -0.120. The maximum atomic E-state index is 12.3. The molecule has 5 heteroatoms. The molecule has 142 valence electrons. The third-order valence-corrected chi connectivity index (χ3v) is 4.24. The minimum Gasteiger partial charge on any atom is -0.497 e. The van der Waals surface area contributed by atoms with Gasteiger partial charge in [0, 0.05) is 17.8 Å². The third kappa shape index (κ3) is 5.45. The van der Waals surface area contributed by atoms with Crippen LogP contribution in [0.1, 0.15) is 21.5 Å². The second-order valence-electron chi connectivity index (χ2n) is 6.32. The first-order chi connectivity index (χ1) is 13.6. The van der Waals surface area contributed by atoms with Crippen molar-refractivity contribution in [2.45, 2.75) is 13.0 Å². The van der Waals surface area contributed by atoms with E-state index in [2.05, 4.69) is 10.6 Å². The van der Waals surface area contributed by atoms with Crippen LogP contribution in [0.25, 0.3) is 0 Å². The van der Waals surface area contributed by atoms with Gasteiger partial charge in [0.15, 0.2) is 0 Å². The monoisotopic (exact) mass is 374 g/mol. The van der Waals surface area contributed by atoms with Gasteiger partial charge in [-0.3, -0.25) is 9.59 Å². The highest BCUT2D eigenvalue weighted by atomic mass is 16.5. The quantitative estimate of drug-likeness (QED) is 0.661. The summed E-state index contributed by atoms with van der Waals surface area (Å²) in [5.41, 5.74) is 3.13. The highest BCUT2D eigenvalue weighted by Crippen LogP contribution is 2.15. The molecule has 2 N–H and O–H groups in total. The molecule has 0 aliphatic rings. The summed E-state index contributed by atoms with van der Waals surface area (Å²) in [7, 11) is 1.56. The molecule has 5 nitrogen and oxygen atoms in total. The van der Waals surface area contributed by atoms with Crippen molar-refractivity contribution < 1.29 is 14.3 Å². The second kappa shape index (κ2) is 9.37. The molecule has 3 rings (SSSR count). The van der Waals surface area contributed by atoms with E-state index in [9.17, 15) is 9.59 Å². The lowest BCUT2D eigenvalue weighted by Crippen LogP contribution is -2.24. The van der Waals surface area contributed by atoms with E-state index in [0.717, 1.165) is 11.1 Å². The highest BCUT2D eigenvalue weighted by molar-refractivity contribution is 6.04. The number of hydrogen-bond acceptors (Lipinski definition) is 3. The first kappa shape index (κ1) is 19.2. The van der Waals surface area contributed by atoms with Crippen LogP contribution in [0.5, 0.6) is 5.75 Å². The fraction of sp³-hybridized carbons (Fsp3) is 0.130. The molecule has 3 aromatic carbocycles. The van der Waals surface area contributed by atoms with E-state index >= 15 is 0 Å². The molecule has 0 aliphatic heterocycles. The van der Waals surface area contributed by atoms with Crippen LogP contribution >= 0.6 is 0 Å². The second-order valence-corrected chi connectivity index (χ2v) is 6.32. The first-order valence-electron chi connectivity index (χ1n) is 8.99. The SMILES string of the molecule is COc1cccc(C(=O)Nc2ccc(CC(=O)NCc3ccccc3)cc2)c1. The summed E-state index contributed by atoms with van der Waals surface area (Å²) in [6.45, 7) is 0.508. The Hall–Kier alpha value is -3.60. The van der Waals surface area contributed by atoms with Crippen LogP contribution in [0.15, 0.2) is 78.9 Å². The van der Waals surface area contributed by atoms with Gasteiger partial charge in [-0.1, -0.05) is 48.5 Å². The van der Waals surface area contributed by atoms with Gasteiger partial charge in [0.2, 0.25) is 5.91 Å². The number of benzene rings is 3. The maximum absolute atomic E-state index is 12.3. The molecule has 0 bridgehead atoms. The van der Waals surface area contributed by atoms with E-state index in [1.807, 2.05) is 42.5 Å². The average Bonchev–Trinajstić information content (AvgIpc) is 2.74. The number of amides is 2. The first-order valence-corrected chi connectivity index (χ1v) is 8.99. The number of methoxy groups -OCH3 is 1. The van der Waals surface area contributed by atoms with Crippen LogP contribution in [0.2, 0.25) is 0 Å². The van der Waals surface area contributed by atoms with Crippen molar-refractivity contribution >= 4 is 17.5 Å². The van der Waals surface area contributed by atoms with Gasteiger partial charge in [-0.05, 0) is 41.5 Å². The van der Waals surface area contributed by atoms with E-state index in [-0.39, 0.29) is 18.2 Å². The zero-order valence-electron chi connectivity index (χ0n) is 15.6. The van der Waals surface area contributed by atoms with E-state index in [1.54, 1.807) is 43.5 Å². The van der Waals surface area contributed by atoms with Crippen molar-refractivity contribution in [1.29, 1.82) is 0 Å². The van der Waals surface area contributed by atoms with Gasteiger partial charge in [0.25, 0.3) is 5.91 Å². The summed E-state index contributed by atoms with van der Waals surface area (Å²) < 4.78 is 5.14. The number of ether oxygens (including phenoxy) is 1. The Bertz CT molecular complexity index is 938. The number of hydrogen-bond donors (Lipinski definition) is 2. The van der Waals surface area contributed by atoms with Crippen LogP contribution in [0.4, 0.5) is 5.69 Å². The smallest absolute Gasteiger partial charge is 0.255 e. The van der Waals surface area contributed by atoms with Crippen LogP contribution in [0.3, 0.4) is 0 Å². The predicted molar refractivity (Wildman–Crippen MR) is 109 cm³/mol. The minimum atomic E-state index is -0.216. The summed E-state index contributed by atoms with van der Waals surface area (Å²) in [5, 5.41) is 5.75. The molecule has 0 unspecified atom stereocenters.